The zero-order valence-corrected chi connectivity index (χ0v) is 11.4. The lowest BCUT2D eigenvalue weighted by Gasteiger charge is -2.23. The molecule has 5 heteroatoms. The second-order valence-electron chi connectivity index (χ2n) is 4.63. The summed E-state index contributed by atoms with van der Waals surface area (Å²) in [5, 5.41) is 2.99. The first-order valence-corrected chi connectivity index (χ1v) is 6.58. The molecule has 2 rings (SSSR count). The van der Waals surface area contributed by atoms with Gasteiger partial charge in [0.1, 0.15) is 5.82 Å². The zero-order chi connectivity index (χ0) is 15.5. The van der Waals surface area contributed by atoms with Crippen molar-refractivity contribution in [1.29, 1.82) is 0 Å². The number of rotatable bonds is 4. The molecule has 0 spiro atoms. The van der Waals surface area contributed by atoms with E-state index in [1.54, 1.807) is 19.1 Å². The summed E-state index contributed by atoms with van der Waals surface area (Å²) in [6.45, 7) is 2.26. The van der Waals surface area contributed by atoms with Gasteiger partial charge in [-0.15, -0.1) is 0 Å². The number of benzene rings is 2. The van der Waals surface area contributed by atoms with Crippen LogP contribution in [0.5, 0.6) is 0 Å². The van der Waals surface area contributed by atoms with Gasteiger partial charge in [0.2, 0.25) is 0 Å². The predicted molar refractivity (Wildman–Crippen MR) is 73.4 cm³/mol. The fourth-order valence-corrected chi connectivity index (χ4v) is 2.30. The van der Waals surface area contributed by atoms with E-state index < -0.39 is 23.6 Å². The van der Waals surface area contributed by atoms with Gasteiger partial charge in [-0.3, -0.25) is 0 Å². The predicted octanol–water partition coefficient (Wildman–Crippen LogP) is 4.54. The molecule has 0 aromatic heterocycles. The standard InChI is InChI=1S/C16H15F4N/c1-2-21-15(11-6-5-7-12(17)10-11)13-8-3-4-9-14(13)16(18,19)20/h3-10,15,21H,2H2,1H3. The Kier molecular flexibility index (Phi) is 4.63. The molecule has 0 saturated heterocycles. The minimum atomic E-state index is -4.45. The van der Waals surface area contributed by atoms with Crippen molar-refractivity contribution < 1.29 is 17.6 Å². The molecule has 2 aromatic rings. The molecule has 1 nitrogen and oxygen atoms in total. The molecule has 0 aliphatic carbocycles. The Morgan fingerprint density at radius 1 is 1.05 bits per heavy atom. The van der Waals surface area contributed by atoms with E-state index in [-0.39, 0.29) is 5.56 Å². The summed E-state index contributed by atoms with van der Waals surface area (Å²) in [4.78, 5) is 0. The minimum Gasteiger partial charge on any atom is -0.307 e. The summed E-state index contributed by atoms with van der Waals surface area (Å²) in [7, 11) is 0. The second kappa shape index (κ2) is 6.26. The molecular formula is C16H15F4N. The molecule has 0 heterocycles. The van der Waals surface area contributed by atoms with E-state index in [0.717, 1.165) is 6.07 Å². The monoisotopic (exact) mass is 297 g/mol. The molecule has 0 aliphatic rings. The summed E-state index contributed by atoms with van der Waals surface area (Å²) < 4.78 is 52.8. The average molecular weight is 297 g/mol. The van der Waals surface area contributed by atoms with Crippen LogP contribution in [-0.4, -0.2) is 6.54 Å². The van der Waals surface area contributed by atoms with Gasteiger partial charge in [0, 0.05) is 0 Å². The van der Waals surface area contributed by atoms with Gasteiger partial charge in [-0.25, -0.2) is 4.39 Å². The van der Waals surface area contributed by atoms with Gasteiger partial charge in [0.25, 0.3) is 0 Å². The highest BCUT2D eigenvalue weighted by Gasteiger charge is 2.35. The van der Waals surface area contributed by atoms with Crippen molar-refractivity contribution in [3.05, 3.63) is 71.0 Å². The molecule has 1 unspecified atom stereocenters. The highest BCUT2D eigenvalue weighted by Crippen LogP contribution is 2.36. The summed E-state index contributed by atoms with van der Waals surface area (Å²) in [5.41, 5.74) is -0.147. The van der Waals surface area contributed by atoms with Crippen LogP contribution < -0.4 is 5.32 Å². The first kappa shape index (κ1) is 15.5. The van der Waals surface area contributed by atoms with Gasteiger partial charge in [0.15, 0.2) is 0 Å². The van der Waals surface area contributed by atoms with Crippen LogP contribution in [0.15, 0.2) is 48.5 Å². The summed E-state index contributed by atoms with van der Waals surface area (Å²) in [6, 6.07) is 10.3. The lowest BCUT2D eigenvalue weighted by atomic mass is 9.94. The van der Waals surface area contributed by atoms with Crippen molar-refractivity contribution in [2.75, 3.05) is 6.54 Å². The molecule has 2 aromatic carbocycles. The second-order valence-corrected chi connectivity index (χ2v) is 4.63. The van der Waals surface area contributed by atoms with Gasteiger partial charge in [-0.05, 0) is 35.9 Å². The van der Waals surface area contributed by atoms with Gasteiger partial charge in [0.05, 0.1) is 11.6 Å². The van der Waals surface area contributed by atoms with Crippen LogP contribution in [-0.2, 0) is 6.18 Å². The topological polar surface area (TPSA) is 12.0 Å². The third-order valence-corrected chi connectivity index (χ3v) is 3.17. The third kappa shape index (κ3) is 3.61. The number of halogens is 4. The lowest BCUT2D eigenvalue weighted by Crippen LogP contribution is -2.25. The van der Waals surface area contributed by atoms with Crippen molar-refractivity contribution in [1.82, 2.24) is 5.32 Å². The fourth-order valence-electron chi connectivity index (χ4n) is 2.30. The molecule has 0 saturated carbocycles. The largest absolute Gasteiger partial charge is 0.416 e. The van der Waals surface area contributed by atoms with Crippen LogP contribution in [0.4, 0.5) is 17.6 Å². The maximum absolute atomic E-state index is 13.4. The van der Waals surface area contributed by atoms with Gasteiger partial charge in [-0.1, -0.05) is 37.3 Å². The lowest BCUT2D eigenvalue weighted by molar-refractivity contribution is -0.138. The SMILES string of the molecule is CCNC(c1cccc(F)c1)c1ccccc1C(F)(F)F. The number of alkyl halides is 3. The van der Waals surface area contributed by atoms with E-state index in [2.05, 4.69) is 5.32 Å². The van der Waals surface area contributed by atoms with Crippen molar-refractivity contribution in [3.8, 4) is 0 Å². The van der Waals surface area contributed by atoms with E-state index in [1.165, 1.54) is 30.3 Å². The first-order valence-electron chi connectivity index (χ1n) is 6.58. The van der Waals surface area contributed by atoms with Gasteiger partial charge in [-0.2, -0.15) is 13.2 Å². The van der Waals surface area contributed by atoms with Crippen LogP contribution in [0, 0.1) is 5.82 Å². The van der Waals surface area contributed by atoms with Gasteiger partial charge < -0.3 is 5.32 Å². The Morgan fingerprint density at radius 2 is 1.76 bits per heavy atom. The Bertz CT molecular complexity index is 607. The molecular weight excluding hydrogens is 282 g/mol. The highest BCUT2D eigenvalue weighted by atomic mass is 19.4. The zero-order valence-electron chi connectivity index (χ0n) is 11.4. The number of nitrogens with one attached hydrogen (secondary N) is 1. The molecule has 1 N–H and O–H groups in total. The van der Waals surface area contributed by atoms with E-state index in [9.17, 15) is 17.6 Å². The normalized spacial score (nSPS) is 13.2. The van der Waals surface area contributed by atoms with E-state index in [0.29, 0.717) is 12.1 Å². The Balaban J connectivity index is 2.54. The fraction of sp³-hybridized carbons (Fsp3) is 0.250. The van der Waals surface area contributed by atoms with Crippen LogP contribution in [0.1, 0.15) is 29.7 Å². The van der Waals surface area contributed by atoms with Crippen LogP contribution >= 0.6 is 0 Å². The van der Waals surface area contributed by atoms with Crippen molar-refractivity contribution in [2.24, 2.45) is 0 Å². The summed E-state index contributed by atoms with van der Waals surface area (Å²) >= 11 is 0. The Hall–Kier alpha value is -1.88. The van der Waals surface area contributed by atoms with Crippen LogP contribution in [0.3, 0.4) is 0 Å². The minimum absolute atomic E-state index is 0.0949. The molecule has 21 heavy (non-hydrogen) atoms. The maximum Gasteiger partial charge on any atom is 0.416 e. The van der Waals surface area contributed by atoms with Crippen molar-refractivity contribution >= 4 is 0 Å². The molecule has 0 bridgehead atoms. The first-order chi connectivity index (χ1) is 9.93. The van der Waals surface area contributed by atoms with E-state index in [1.807, 2.05) is 0 Å². The molecule has 1 atom stereocenters. The van der Waals surface area contributed by atoms with Crippen molar-refractivity contribution in [3.63, 3.8) is 0 Å². The average Bonchev–Trinajstić information content (AvgIpc) is 2.44. The van der Waals surface area contributed by atoms with Crippen LogP contribution in [0.2, 0.25) is 0 Å². The van der Waals surface area contributed by atoms with E-state index in [4.69, 9.17) is 0 Å². The Labute approximate surface area is 120 Å². The highest BCUT2D eigenvalue weighted by molar-refractivity contribution is 5.39. The molecule has 112 valence electrons. The molecule has 0 fully saturated rings. The number of hydrogen-bond donors (Lipinski definition) is 1. The number of hydrogen-bond acceptors (Lipinski definition) is 1. The summed E-state index contributed by atoms with van der Waals surface area (Å²) in [5.74, 6) is -0.472. The molecule has 0 amide bonds. The Morgan fingerprint density at radius 3 is 2.38 bits per heavy atom. The van der Waals surface area contributed by atoms with Crippen molar-refractivity contribution in [2.45, 2.75) is 19.1 Å². The smallest absolute Gasteiger partial charge is 0.307 e. The van der Waals surface area contributed by atoms with E-state index >= 15 is 0 Å². The summed E-state index contributed by atoms with van der Waals surface area (Å²) in [6.07, 6.45) is -4.45. The van der Waals surface area contributed by atoms with Crippen LogP contribution in [0.25, 0.3) is 0 Å². The molecule has 0 radical (unpaired) electrons. The maximum atomic E-state index is 13.4. The quantitative estimate of drug-likeness (QED) is 0.817. The third-order valence-electron chi connectivity index (χ3n) is 3.17. The van der Waals surface area contributed by atoms with Gasteiger partial charge >= 0.3 is 6.18 Å². The molecule has 0 aliphatic heterocycles.